The highest BCUT2D eigenvalue weighted by molar-refractivity contribution is 7.89. The molecule has 0 aromatic heterocycles. The number of benzene rings is 1. The van der Waals surface area contributed by atoms with Gasteiger partial charge in [0.1, 0.15) is 6.54 Å². The van der Waals surface area contributed by atoms with Crippen LogP contribution in [0.2, 0.25) is 0 Å². The Morgan fingerprint density at radius 3 is 2.10 bits per heavy atom. The van der Waals surface area contributed by atoms with E-state index >= 15 is 0 Å². The van der Waals surface area contributed by atoms with Gasteiger partial charge in [-0.3, -0.25) is 0 Å². The molecular weight excluding hydrogens is 293 g/mol. The van der Waals surface area contributed by atoms with E-state index in [-0.39, 0.29) is 10.5 Å². The van der Waals surface area contributed by atoms with Gasteiger partial charge in [-0.1, -0.05) is 0 Å². The summed E-state index contributed by atoms with van der Waals surface area (Å²) < 4.78 is 62.2. The Labute approximate surface area is 115 Å². The summed E-state index contributed by atoms with van der Waals surface area (Å²) >= 11 is 0. The van der Waals surface area contributed by atoms with Gasteiger partial charge in [-0.05, 0) is 38.1 Å². The minimum Gasteiger partial charge on any atom is -0.207 e. The predicted octanol–water partition coefficient (Wildman–Crippen LogP) is 2.52. The maximum atomic E-state index is 12.5. The normalized spacial score (nSPS) is 12.7. The molecule has 4 nitrogen and oxygen atoms in total. The molecule has 0 saturated carbocycles. The molecule has 0 aliphatic rings. The van der Waals surface area contributed by atoms with Crippen molar-refractivity contribution in [1.82, 2.24) is 4.31 Å². The standard InChI is InChI=1S/C12H13F3N2O2S/c1-9(2)17(8-12(13,14)15)20(18,19)11-5-3-10(7-16)4-6-11/h3-6,9H,8H2,1-2H3. The topological polar surface area (TPSA) is 61.2 Å². The number of nitriles is 1. The molecular formula is C12H13F3N2O2S. The smallest absolute Gasteiger partial charge is 0.207 e. The molecule has 0 heterocycles. The van der Waals surface area contributed by atoms with Gasteiger partial charge in [0, 0.05) is 6.04 Å². The van der Waals surface area contributed by atoms with Crippen molar-refractivity contribution in [2.24, 2.45) is 0 Å². The third-order valence-corrected chi connectivity index (χ3v) is 4.54. The van der Waals surface area contributed by atoms with Crippen LogP contribution < -0.4 is 0 Å². The molecule has 20 heavy (non-hydrogen) atoms. The SMILES string of the molecule is CC(C)N(CC(F)(F)F)S(=O)(=O)c1ccc(C#N)cc1. The molecule has 1 rings (SSSR count). The zero-order chi connectivity index (χ0) is 15.6. The van der Waals surface area contributed by atoms with Crippen LogP contribution in [0.1, 0.15) is 19.4 Å². The highest BCUT2D eigenvalue weighted by Crippen LogP contribution is 2.24. The van der Waals surface area contributed by atoms with Crippen molar-refractivity contribution < 1.29 is 21.6 Å². The fourth-order valence-corrected chi connectivity index (χ4v) is 3.18. The Kier molecular flexibility index (Phi) is 4.78. The lowest BCUT2D eigenvalue weighted by atomic mass is 10.2. The summed E-state index contributed by atoms with van der Waals surface area (Å²) in [4.78, 5) is -0.269. The van der Waals surface area contributed by atoms with E-state index in [0.717, 1.165) is 12.1 Å². The molecule has 0 spiro atoms. The monoisotopic (exact) mass is 306 g/mol. The van der Waals surface area contributed by atoms with Crippen LogP contribution in [0.25, 0.3) is 0 Å². The number of hydrogen-bond donors (Lipinski definition) is 0. The molecule has 0 fully saturated rings. The van der Waals surface area contributed by atoms with Crippen LogP contribution in [-0.4, -0.2) is 31.5 Å². The summed E-state index contributed by atoms with van der Waals surface area (Å²) in [5, 5.41) is 8.62. The summed E-state index contributed by atoms with van der Waals surface area (Å²) in [6.45, 7) is 1.19. The number of halogens is 3. The maximum Gasteiger partial charge on any atom is 0.402 e. The van der Waals surface area contributed by atoms with Gasteiger partial charge in [-0.15, -0.1) is 0 Å². The summed E-state index contributed by atoms with van der Waals surface area (Å²) in [6.07, 6.45) is -4.62. The summed E-state index contributed by atoms with van der Waals surface area (Å²) in [5.74, 6) is 0. The van der Waals surface area contributed by atoms with Crippen LogP contribution in [0, 0.1) is 11.3 Å². The molecule has 0 amide bonds. The first-order valence-corrected chi connectivity index (χ1v) is 7.10. The largest absolute Gasteiger partial charge is 0.402 e. The van der Waals surface area contributed by atoms with E-state index in [1.165, 1.54) is 26.0 Å². The van der Waals surface area contributed by atoms with Gasteiger partial charge >= 0.3 is 6.18 Å². The molecule has 0 atom stereocenters. The number of rotatable bonds is 4. The zero-order valence-electron chi connectivity index (χ0n) is 10.8. The van der Waals surface area contributed by atoms with Crippen LogP contribution in [0.15, 0.2) is 29.2 Å². The fraction of sp³-hybridized carbons (Fsp3) is 0.417. The van der Waals surface area contributed by atoms with Crippen molar-refractivity contribution >= 4 is 10.0 Å². The van der Waals surface area contributed by atoms with Gasteiger partial charge < -0.3 is 0 Å². The van der Waals surface area contributed by atoms with Crippen LogP contribution in [-0.2, 0) is 10.0 Å². The lowest BCUT2D eigenvalue weighted by molar-refractivity contribution is -0.138. The molecule has 0 bridgehead atoms. The minimum absolute atomic E-state index is 0.232. The molecule has 0 saturated heterocycles. The van der Waals surface area contributed by atoms with E-state index in [0.29, 0.717) is 4.31 Å². The second-order valence-corrected chi connectivity index (χ2v) is 6.29. The van der Waals surface area contributed by atoms with Crippen LogP contribution in [0.3, 0.4) is 0 Å². The third-order valence-electron chi connectivity index (χ3n) is 2.50. The van der Waals surface area contributed by atoms with Gasteiger partial charge in [0.25, 0.3) is 0 Å². The number of sulfonamides is 1. The molecule has 110 valence electrons. The highest BCUT2D eigenvalue weighted by Gasteiger charge is 2.38. The predicted molar refractivity (Wildman–Crippen MR) is 66.2 cm³/mol. The van der Waals surface area contributed by atoms with Crippen molar-refractivity contribution in [3.8, 4) is 6.07 Å². The minimum atomic E-state index is -4.62. The molecule has 8 heteroatoms. The Morgan fingerprint density at radius 1 is 1.25 bits per heavy atom. The lowest BCUT2D eigenvalue weighted by Crippen LogP contribution is -2.43. The van der Waals surface area contributed by atoms with Gasteiger partial charge in [0.2, 0.25) is 10.0 Å². The van der Waals surface area contributed by atoms with Crippen molar-refractivity contribution in [1.29, 1.82) is 5.26 Å². The van der Waals surface area contributed by atoms with Crippen molar-refractivity contribution in [3.63, 3.8) is 0 Å². The molecule has 1 aromatic rings. The van der Waals surface area contributed by atoms with Crippen LogP contribution >= 0.6 is 0 Å². The Hall–Kier alpha value is -1.59. The first kappa shape index (κ1) is 16.5. The van der Waals surface area contributed by atoms with Gasteiger partial charge in [-0.25, -0.2) is 8.42 Å². The zero-order valence-corrected chi connectivity index (χ0v) is 11.7. The summed E-state index contributed by atoms with van der Waals surface area (Å²) in [5.41, 5.74) is 0.232. The van der Waals surface area contributed by atoms with E-state index in [1.54, 1.807) is 0 Å². The number of hydrogen-bond acceptors (Lipinski definition) is 3. The lowest BCUT2D eigenvalue weighted by Gasteiger charge is -2.26. The van der Waals surface area contributed by atoms with Crippen LogP contribution in [0.5, 0.6) is 0 Å². The Morgan fingerprint density at radius 2 is 1.75 bits per heavy atom. The van der Waals surface area contributed by atoms with Crippen LogP contribution in [0.4, 0.5) is 13.2 Å². The first-order valence-electron chi connectivity index (χ1n) is 5.66. The number of alkyl halides is 3. The van der Waals surface area contributed by atoms with Crippen molar-refractivity contribution in [2.45, 2.75) is 31.0 Å². The third kappa shape index (κ3) is 3.95. The molecule has 0 radical (unpaired) electrons. The maximum absolute atomic E-state index is 12.5. The van der Waals surface area contributed by atoms with E-state index in [2.05, 4.69) is 0 Å². The molecule has 0 N–H and O–H groups in total. The van der Waals surface area contributed by atoms with E-state index < -0.39 is 28.8 Å². The molecule has 0 aliphatic heterocycles. The molecule has 0 aliphatic carbocycles. The second kappa shape index (κ2) is 5.81. The fourth-order valence-electron chi connectivity index (χ4n) is 1.56. The van der Waals surface area contributed by atoms with Gasteiger partial charge in [-0.2, -0.15) is 22.7 Å². The average Bonchev–Trinajstić information content (AvgIpc) is 2.34. The second-order valence-electron chi connectivity index (χ2n) is 4.40. The van der Waals surface area contributed by atoms with E-state index in [1.807, 2.05) is 6.07 Å². The molecule has 1 aromatic carbocycles. The van der Waals surface area contributed by atoms with Gasteiger partial charge in [0.05, 0.1) is 16.5 Å². The first-order chi connectivity index (χ1) is 9.08. The number of nitrogens with zero attached hydrogens (tertiary/aromatic N) is 2. The van der Waals surface area contributed by atoms with Gasteiger partial charge in [0.15, 0.2) is 0 Å². The van der Waals surface area contributed by atoms with Crippen molar-refractivity contribution in [2.75, 3.05) is 6.54 Å². The van der Waals surface area contributed by atoms with E-state index in [9.17, 15) is 21.6 Å². The van der Waals surface area contributed by atoms with Crippen molar-refractivity contribution in [3.05, 3.63) is 29.8 Å². The highest BCUT2D eigenvalue weighted by atomic mass is 32.2. The quantitative estimate of drug-likeness (QED) is 0.858. The Bertz CT molecular complexity index is 601. The summed E-state index contributed by atoms with van der Waals surface area (Å²) in [7, 11) is -4.25. The Balaban J connectivity index is 3.19. The molecule has 0 unspecified atom stereocenters. The van der Waals surface area contributed by atoms with E-state index in [4.69, 9.17) is 5.26 Å². The summed E-state index contributed by atoms with van der Waals surface area (Å²) in [6, 6.07) is 5.72. The average molecular weight is 306 g/mol.